The maximum atomic E-state index is 11.5. The van der Waals surface area contributed by atoms with Gasteiger partial charge < -0.3 is 4.79 Å². The lowest BCUT2D eigenvalue weighted by atomic mass is 9.53. The molecule has 4 rings (SSSR count). The van der Waals surface area contributed by atoms with Crippen molar-refractivity contribution in [1.29, 1.82) is 0 Å². The highest BCUT2D eigenvalue weighted by molar-refractivity contribution is 5.57. The van der Waals surface area contributed by atoms with Crippen LogP contribution in [0.1, 0.15) is 49.1 Å². The minimum Gasteiger partial charge on any atom is -0.303 e. The fourth-order valence-corrected chi connectivity index (χ4v) is 5.89. The van der Waals surface area contributed by atoms with E-state index >= 15 is 0 Å². The van der Waals surface area contributed by atoms with Crippen molar-refractivity contribution in [2.45, 2.75) is 44.4 Å². The molecule has 0 bridgehead atoms. The number of hydrogen-bond donors (Lipinski definition) is 0. The van der Waals surface area contributed by atoms with E-state index in [2.05, 4.69) is 36.9 Å². The molecule has 21 heavy (non-hydrogen) atoms. The number of benzene rings is 1. The van der Waals surface area contributed by atoms with Gasteiger partial charge in [0.2, 0.25) is 0 Å². The molecule has 1 unspecified atom stereocenters. The Kier molecular flexibility index (Phi) is 3.06. The summed E-state index contributed by atoms with van der Waals surface area (Å²) in [4.78, 5) is 11.5. The summed E-state index contributed by atoms with van der Waals surface area (Å²) in [6.45, 7) is 4.14. The Morgan fingerprint density at radius 1 is 1.14 bits per heavy atom. The van der Waals surface area contributed by atoms with Crippen molar-refractivity contribution in [3.8, 4) is 0 Å². The van der Waals surface area contributed by atoms with Gasteiger partial charge in [-0.15, -0.1) is 6.58 Å². The van der Waals surface area contributed by atoms with Crippen LogP contribution in [0.15, 0.2) is 36.9 Å². The van der Waals surface area contributed by atoms with Crippen LogP contribution >= 0.6 is 0 Å². The van der Waals surface area contributed by atoms with Gasteiger partial charge in [-0.25, -0.2) is 0 Å². The highest BCUT2D eigenvalue weighted by Gasteiger charge is 2.55. The Morgan fingerprint density at radius 3 is 2.81 bits per heavy atom. The first-order chi connectivity index (χ1) is 10.3. The molecule has 1 aromatic rings. The average molecular weight is 280 g/mol. The molecule has 0 amide bonds. The Hall–Kier alpha value is -1.37. The quantitative estimate of drug-likeness (QED) is 0.575. The fourth-order valence-electron chi connectivity index (χ4n) is 5.89. The van der Waals surface area contributed by atoms with Crippen LogP contribution in [0.25, 0.3) is 0 Å². The molecule has 3 aliphatic carbocycles. The molecule has 2 saturated carbocycles. The smallest absolute Gasteiger partial charge is 0.123 e. The highest BCUT2D eigenvalue weighted by atomic mass is 16.1. The number of fused-ring (bicyclic) bond motifs is 5. The number of carbonyl (C=O) groups is 1. The Balaban J connectivity index is 1.73. The third-order valence-electron chi connectivity index (χ3n) is 6.84. The summed E-state index contributed by atoms with van der Waals surface area (Å²) in [6.07, 6.45) is 10.6. The van der Waals surface area contributed by atoms with Crippen LogP contribution in [0.2, 0.25) is 0 Å². The largest absolute Gasteiger partial charge is 0.303 e. The highest BCUT2D eigenvalue weighted by Crippen LogP contribution is 2.63. The number of aldehydes is 1. The van der Waals surface area contributed by atoms with Crippen molar-refractivity contribution in [2.24, 2.45) is 23.2 Å². The molecule has 2 fully saturated rings. The minimum absolute atomic E-state index is 0.106. The van der Waals surface area contributed by atoms with Gasteiger partial charge in [0, 0.05) is 11.3 Å². The van der Waals surface area contributed by atoms with Gasteiger partial charge in [-0.1, -0.05) is 30.3 Å². The lowest BCUT2D eigenvalue weighted by molar-refractivity contribution is -0.114. The zero-order valence-electron chi connectivity index (χ0n) is 12.6. The van der Waals surface area contributed by atoms with Gasteiger partial charge >= 0.3 is 0 Å². The van der Waals surface area contributed by atoms with E-state index in [0.717, 1.165) is 24.7 Å². The third kappa shape index (κ3) is 1.73. The number of rotatable bonds is 2. The SMILES string of the molecule is C=C[C@]12CC[C@@H]3c4ccccc4CC[C@H]3[C@@H]1CCC2C=O. The summed E-state index contributed by atoms with van der Waals surface area (Å²) in [7, 11) is 0. The first-order valence-corrected chi connectivity index (χ1v) is 8.47. The van der Waals surface area contributed by atoms with E-state index in [9.17, 15) is 4.79 Å². The molecule has 0 spiro atoms. The molecular weight excluding hydrogens is 256 g/mol. The van der Waals surface area contributed by atoms with Crippen molar-refractivity contribution < 1.29 is 4.79 Å². The zero-order valence-corrected chi connectivity index (χ0v) is 12.6. The summed E-state index contributed by atoms with van der Waals surface area (Å²) < 4.78 is 0. The first kappa shape index (κ1) is 13.3. The van der Waals surface area contributed by atoms with Crippen LogP contribution in [0.5, 0.6) is 0 Å². The molecule has 0 radical (unpaired) electrons. The maximum Gasteiger partial charge on any atom is 0.123 e. The van der Waals surface area contributed by atoms with Crippen LogP contribution in [-0.2, 0) is 11.2 Å². The van der Waals surface area contributed by atoms with E-state index in [4.69, 9.17) is 0 Å². The van der Waals surface area contributed by atoms with Crippen LogP contribution in [-0.4, -0.2) is 6.29 Å². The molecule has 0 aliphatic heterocycles. The molecular formula is C20H24O. The van der Waals surface area contributed by atoms with Gasteiger partial charge in [0.15, 0.2) is 0 Å². The molecule has 0 saturated heterocycles. The minimum atomic E-state index is 0.106. The van der Waals surface area contributed by atoms with E-state index in [0.29, 0.717) is 5.92 Å². The number of allylic oxidation sites excluding steroid dienone is 1. The Morgan fingerprint density at radius 2 is 2.00 bits per heavy atom. The molecule has 1 heteroatoms. The van der Waals surface area contributed by atoms with Crippen LogP contribution < -0.4 is 0 Å². The second-order valence-electron chi connectivity index (χ2n) is 7.29. The van der Waals surface area contributed by atoms with E-state index < -0.39 is 0 Å². The van der Waals surface area contributed by atoms with Crippen LogP contribution in [0, 0.1) is 23.2 Å². The zero-order chi connectivity index (χ0) is 14.4. The van der Waals surface area contributed by atoms with E-state index in [-0.39, 0.29) is 11.3 Å². The first-order valence-electron chi connectivity index (χ1n) is 8.47. The summed E-state index contributed by atoms with van der Waals surface area (Å²) in [5.41, 5.74) is 3.27. The summed E-state index contributed by atoms with van der Waals surface area (Å²) in [5, 5.41) is 0. The van der Waals surface area contributed by atoms with Crippen LogP contribution in [0.3, 0.4) is 0 Å². The lowest BCUT2D eigenvalue weighted by Gasteiger charge is -2.50. The van der Waals surface area contributed by atoms with Gasteiger partial charge in [0.05, 0.1) is 0 Å². The second kappa shape index (κ2) is 4.83. The van der Waals surface area contributed by atoms with Gasteiger partial charge in [0.1, 0.15) is 6.29 Å². The van der Waals surface area contributed by atoms with Crippen molar-refractivity contribution in [3.63, 3.8) is 0 Å². The van der Waals surface area contributed by atoms with Crippen molar-refractivity contribution in [3.05, 3.63) is 48.0 Å². The maximum absolute atomic E-state index is 11.5. The second-order valence-corrected chi connectivity index (χ2v) is 7.29. The molecule has 1 aromatic carbocycles. The number of carbonyl (C=O) groups excluding carboxylic acids is 1. The van der Waals surface area contributed by atoms with Crippen molar-refractivity contribution in [1.82, 2.24) is 0 Å². The lowest BCUT2D eigenvalue weighted by Crippen LogP contribution is -2.43. The summed E-state index contributed by atoms with van der Waals surface area (Å²) in [5.74, 6) is 2.38. The Labute approximate surface area is 127 Å². The van der Waals surface area contributed by atoms with Gasteiger partial charge in [0.25, 0.3) is 0 Å². The van der Waals surface area contributed by atoms with Crippen molar-refractivity contribution >= 4 is 6.29 Å². The molecule has 110 valence electrons. The molecule has 0 N–H and O–H groups in total. The number of hydrogen-bond acceptors (Lipinski definition) is 1. The molecule has 3 aliphatic rings. The van der Waals surface area contributed by atoms with E-state index in [1.54, 1.807) is 11.1 Å². The monoisotopic (exact) mass is 280 g/mol. The average Bonchev–Trinajstić information content (AvgIpc) is 2.93. The summed E-state index contributed by atoms with van der Waals surface area (Å²) in [6, 6.07) is 9.02. The van der Waals surface area contributed by atoms with Gasteiger partial charge in [-0.3, -0.25) is 0 Å². The number of aryl methyl sites for hydroxylation is 1. The fraction of sp³-hybridized carbons (Fsp3) is 0.550. The predicted molar refractivity (Wildman–Crippen MR) is 85.1 cm³/mol. The van der Waals surface area contributed by atoms with Crippen molar-refractivity contribution in [2.75, 3.05) is 0 Å². The Bertz CT molecular complexity index is 575. The topological polar surface area (TPSA) is 17.1 Å². The third-order valence-corrected chi connectivity index (χ3v) is 6.84. The standard InChI is InChI=1S/C20H24O/c1-2-20-12-11-17-16-6-4-3-5-14(16)7-9-18(17)19(20)10-8-15(20)13-21/h2-6,13,15,17-19H,1,7-12H2/t15?,17-,18-,19+,20-/m1/s1. The summed E-state index contributed by atoms with van der Waals surface area (Å²) >= 11 is 0. The van der Waals surface area contributed by atoms with E-state index in [1.807, 2.05) is 0 Å². The molecule has 1 nitrogen and oxygen atoms in total. The van der Waals surface area contributed by atoms with E-state index in [1.165, 1.54) is 32.0 Å². The molecule has 0 aromatic heterocycles. The normalized spacial score (nSPS) is 40.8. The van der Waals surface area contributed by atoms with Crippen LogP contribution in [0.4, 0.5) is 0 Å². The molecule has 0 heterocycles. The van der Waals surface area contributed by atoms with Gasteiger partial charge in [-0.05, 0) is 67.4 Å². The van der Waals surface area contributed by atoms with Gasteiger partial charge in [-0.2, -0.15) is 0 Å². The molecule has 5 atom stereocenters. The predicted octanol–water partition coefficient (Wildman–Crippen LogP) is 4.52.